The Bertz CT molecular complexity index is 671. The lowest BCUT2D eigenvalue weighted by Gasteiger charge is -2.04. The van der Waals surface area contributed by atoms with Gasteiger partial charge in [-0.2, -0.15) is 5.10 Å². The van der Waals surface area contributed by atoms with Gasteiger partial charge in [-0.05, 0) is 18.2 Å². The van der Waals surface area contributed by atoms with E-state index in [4.69, 9.17) is 0 Å². The van der Waals surface area contributed by atoms with E-state index in [1.807, 2.05) is 18.2 Å². The maximum Gasteiger partial charge on any atom is 0.253 e. The average Bonchev–Trinajstić information content (AvgIpc) is 3.05. The maximum absolute atomic E-state index is 12.1. The number of H-pyrrole nitrogens is 2. The first kappa shape index (κ1) is 10.5. The molecular formula is C12H11N5O. The van der Waals surface area contributed by atoms with Crippen LogP contribution in [0, 0.1) is 0 Å². The molecule has 3 N–H and O–H groups in total. The molecule has 0 fully saturated rings. The minimum atomic E-state index is -0.151. The fourth-order valence-corrected chi connectivity index (χ4v) is 1.80. The highest BCUT2D eigenvalue weighted by Gasteiger charge is 2.11. The summed E-state index contributed by atoms with van der Waals surface area (Å²) in [4.78, 5) is 19.2. The zero-order valence-electron chi connectivity index (χ0n) is 9.47. The van der Waals surface area contributed by atoms with E-state index in [1.54, 1.807) is 18.6 Å². The van der Waals surface area contributed by atoms with Gasteiger partial charge in [0.25, 0.3) is 5.91 Å². The maximum atomic E-state index is 12.1. The molecule has 2 heterocycles. The van der Waals surface area contributed by atoms with Crippen LogP contribution in [-0.4, -0.2) is 26.1 Å². The summed E-state index contributed by atoms with van der Waals surface area (Å²) in [5, 5.41) is 9.43. The van der Waals surface area contributed by atoms with Gasteiger partial charge in [0.15, 0.2) is 0 Å². The van der Waals surface area contributed by atoms with Crippen molar-refractivity contribution in [3.8, 4) is 0 Å². The zero-order chi connectivity index (χ0) is 12.4. The minimum absolute atomic E-state index is 0.151. The van der Waals surface area contributed by atoms with Crippen molar-refractivity contribution in [2.45, 2.75) is 6.54 Å². The van der Waals surface area contributed by atoms with Crippen LogP contribution in [0.15, 0.2) is 36.8 Å². The van der Waals surface area contributed by atoms with Crippen molar-refractivity contribution in [1.29, 1.82) is 0 Å². The van der Waals surface area contributed by atoms with E-state index >= 15 is 0 Å². The fraction of sp³-hybridized carbons (Fsp3) is 0.0833. The van der Waals surface area contributed by atoms with Crippen LogP contribution >= 0.6 is 0 Å². The number of carbonyl (C=O) groups is 1. The molecule has 3 rings (SSSR count). The summed E-state index contributed by atoms with van der Waals surface area (Å²) in [6, 6.07) is 7.28. The Balaban J connectivity index is 1.81. The summed E-state index contributed by atoms with van der Waals surface area (Å²) in [7, 11) is 0. The summed E-state index contributed by atoms with van der Waals surface area (Å²) >= 11 is 0. The molecule has 90 valence electrons. The first-order chi connectivity index (χ1) is 8.84. The summed E-state index contributed by atoms with van der Waals surface area (Å²) in [5.74, 6) is -0.151. The number of para-hydroxylation sites is 1. The van der Waals surface area contributed by atoms with Crippen molar-refractivity contribution < 1.29 is 4.79 Å². The van der Waals surface area contributed by atoms with Crippen LogP contribution in [0.5, 0.6) is 0 Å². The molecule has 0 atom stereocenters. The van der Waals surface area contributed by atoms with Crippen molar-refractivity contribution in [3.63, 3.8) is 0 Å². The Labute approximate surface area is 102 Å². The molecule has 2 aromatic heterocycles. The molecule has 0 spiro atoms. The molecule has 0 bridgehead atoms. The molecule has 3 aromatic rings. The molecule has 6 nitrogen and oxygen atoms in total. The predicted octanol–water partition coefficient (Wildman–Crippen LogP) is 1.22. The summed E-state index contributed by atoms with van der Waals surface area (Å²) in [5.41, 5.74) is 2.95. The second kappa shape index (κ2) is 4.33. The minimum Gasteiger partial charge on any atom is -0.346 e. The van der Waals surface area contributed by atoms with Crippen LogP contribution in [0.4, 0.5) is 0 Å². The molecule has 0 saturated heterocycles. The molecule has 1 amide bonds. The number of carbonyl (C=O) groups excluding carboxylic acids is 1. The van der Waals surface area contributed by atoms with Crippen molar-refractivity contribution in [2.24, 2.45) is 0 Å². The molecule has 6 heteroatoms. The number of hydrogen-bond donors (Lipinski definition) is 3. The molecule has 0 aliphatic heterocycles. The van der Waals surface area contributed by atoms with Gasteiger partial charge in [-0.1, -0.05) is 6.07 Å². The van der Waals surface area contributed by atoms with E-state index < -0.39 is 0 Å². The molecule has 1 aromatic carbocycles. The van der Waals surface area contributed by atoms with Gasteiger partial charge in [-0.3, -0.25) is 9.89 Å². The van der Waals surface area contributed by atoms with Gasteiger partial charge in [0, 0.05) is 6.20 Å². The van der Waals surface area contributed by atoms with Gasteiger partial charge in [-0.15, -0.1) is 0 Å². The third-order valence-corrected chi connectivity index (χ3v) is 2.69. The number of hydrogen-bond acceptors (Lipinski definition) is 3. The van der Waals surface area contributed by atoms with Crippen LogP contribution in [0.3, 0.4) is 0 Å². The number of benzene rings is 1. The van der Waals surface area contributed by atoms with E-state index in [2.05, 4.69) is 25.5 Å². The summed E-state index contributed by atoms with van der Waals surface area (Å²) in [6.07, 6.45) is 3.23. The van der Waals surface area contributed by atoms with Gasteiger partial charge >= 0.3 is 0 Å². The van der Waals surface area contributed by atoms with Crippen LogP contribution in [0.2, 0.25) is 0 Å². The smallest absolute Gasteiger partial charge is 0.253 e. The van der Waals surface area contributed by atoms with E-state index in [-0.39, 0.29) is 5.91 Å². The lowest BCUT2D eigenvalue weighted by molar-refractivity contribution is 0.0952. The third kappa shape index (κ3) is 1.84. The number of aromatic amines is 2. The van der Waals surface area contributed by atoms with Gasteiger partial charge in [0.2, 0.25) is 0 Å². The first-order valence-electron chi connectivity index (χ1n) is 5.53. The lowest BCUT2D eigenvalue weighted by Crippen LogP contribution is -2.23. The van der Waals surface area contributed by atoms with Gasteiger partial charge < -0.3 is 10.3 Å². The van der Waals surface area contributed by atoms with Crippen LogP contribution in [0.25, 0.3) is 11.0 Å². The average molecular weight is 241 g/mol. The van der Waals surface area contributed by atoms with Crippen molar-refractivity contribution in [3.05, 3.63) is 48.0 Å². The second-order valence-corrected chi connectivity index (χ2v) is 3.87. The third-order valence-electron chi connectivity index (χ3n) is 2.69. The number of rotatable bonds is 3. The summed E-state index contributed by atoms with van der Waals surface area (Å²) in [6.45, 7) is 0.416. The number of amides is 1. The molecule has 0 aliphatic carbocycles. The molecule has 0 radical (unpaired) electrons. The Morgan fingerprint density at radius 3 is 3.11 bits per heavy atom. The molecule has 18 heavy (non-hydrogen) atoms. The topological polar surface area (TPSA) is 86.5 Å². The number of imidazole rings is 1. The number of fused-ring (bicyclic) bond motifs is 1. The highest BCUT2D eigenvalue weighted by molar-refractivity contribution is 6.04. The standard InChI is InChI=1S/C12H11N5O/c18-12(13-6-8-4-5-16-17-8)9-2-1-3-10-11(9)15-7-14-10/h1-5,7H,6H2,(H,13,18)(H,14,15)(H,16,17). The Morgan fingerprint density at radius 2 is 2.28 bits per heavy atom. The van der Waals surface area contributed by atoms with E-state index in [1.165, 1.54) is 0 Å². The van der Waals surface area contributed by atoms with E-state index in [9.17, 15) is 4.79 Å². The van der Waals surface area contributed by atoms with Gasteiger partial charge in [0.1, 0.15) is 5.52 Å². The zero-order valence-corrected chi connectivity index (χ0v) is 9.47. The van der Waals surface area contributed by atoms with E-state index in [0.29, 0.717) is 17.6 Å². The first-order valence-corrected chi connectivity index (χ1v) is 5.53. The van der Waals surface area contributed by atoms with Crippen LogP contribution in [-0.2, 0) is 6.54 Å². The Kier molecular flexibility index (Phi) is 2.53. The Morgan fingerprint density at radius 1 is 1.33 bits per heavy atom. The van der Waals surface area contributed by atoms with Crippen molar-refractivity contribution in [2.75, 3.05) is 0 Å². The molecular weight excluding hydrogens is 230 g/mol. The Hall–Kier alpha value is -2.63. The molecule has 0 saturated carbocycles. The van der Waals surface area contributed by atoms with Crippen molar-refractivity contribution >= 4 is 16.9 Å². The fourth-order valence-electron chi connectivity index (χ4n) is 1.80. The predicted molar refractivity (Wildman–Crippen MR) is 65.9 cm³/mol. The largest absolute Gasteiger partial charge is 0.346 e. The van der Waals surface area contributed by atoms with Crippen LogP contribution in [0.1, 0.15) is 16.1 Å². The quantitative estimate of drug-likeness (QED) is 0.644. The number of nitrogens with zero attached hydrogens (tertiary/aromatic N) is 2. The normalized spacial score (nSPS) is 10.7. The highest BCUT2D eigenvalue weighted by Crippen LogP contribution is 2.14. The van der Waals surface area contributed by atoms with Crippen molar-refractivity contribution in [1.82, 2.24) is 25.5 Å². The van der Waals surface area contributed by atoms with Crippen LogP contribution < -0.4 is 5.32 Å². The van der Waals surface area contributed by atoms with E-state index in [0.717, 1.165) is 11.2 Å². The monoisotopic (exact) mass is 241 g/mol. The SMILES string of the molecule is O=C(NCc1ccn[nH]1)c1cccc2[nH]cnc12. The molecule has 0 unspecified atom stereocenters. The van der Waals surface area contributed by atoms with Gasteiger partial charge in [0.05, 0.1) is 29.6 Å². The highest BCUT2D eigenvalue weighted by atomic mass is 16.1. The molecule has 0 aliphatic rings. The number of aromatic nitrogens is 4. The second-order valence-electron chi connectivity index (χ2n) is 3.87. The number of nitrogens with one attached hydrogen (secondary N) is 3. The van der Waals surface area contributed by atoms with Gasteiger partial charge in [-0.25, -0.2) is 4.98 Å². The summed E-state index contributed by atoms with van der Waals surface area (Å²) < 4.78 is 0. The lowest BCUT2D eigenvalue weighted by atomic mass is 10.1.